The van der Waals surface area contributed by atoms with Gasteiger partial charge in [0.25, 0.3) is 0 Å². The van der Waals surface area contributed by atoms with Crippen LogP contribution in [0.3, 0.4) is 0 Å². The van der Waals surface area contributed by atoms with Crippen molar-refractivity contribution in [2.75, 3.05) is 13.2 Å². The highest BCUT2D eigenvalue weighted by atomic mass is 16.6. The third-order valence-electron chi connectivity index (χ3n) is 14.2. The fourth-order valence-electron chi connectivity index (χ4n) is 9.22. The lowest BCUT2D eigenvalue weighted by Gasteiger charge is -2.18. The van der Waals surface area contributed by atoms with Crippen LogP contribution in [0.1, 0.15) is 310 Å². The molecule has 0 amide bonds. The van der Waals surface area contributed by atoms with E-state index in [2.05, 4.69) is 142 Å². The number of esters is 3. The molecule has 0 heterocycles. The van der Waals surface area contributed by atoms with Crippen molar-refractivity contribution in [3.05, 3.63) is 122 Å². The van der Waals surface area contributed by atoms with E-state index >= 15 is 0 Å². The van der Waals surface area contributed by atoms with Crippen LogP contribution in [0.2, 0.25) is 0 Å². The minimum Gasteiger partial charge on any atom is -0.462 e. The Morgan fingerprint density at radius 3 is 0.775 bits per heavy atom. The van der Waals surface area contributed by atoms with Crippen molar-refractivity contribution in [1.29, 1.82) is 0 Å². The van der Waals surface area contributed by atoms with E-state index in [-0.39, 0.29) is 31.1 Å². The third kappa shape index (κ3) is 64.6. The number of ether oxygens (including phenoxy) is 3. The van der Waals surface area contributed by atoms with Gasteiger partial charge in [-0.15, -0.1) is 0 Å². The minimum absolute atomic E-state index is 0.0900. The molecule has 0 aromatic heterocycles. The highest BCUT2D eigenvalue weighted by Crippen LogP contribution is 2.16. The van der Waals surface area contributed by atoms with Gasteiger partial charge < -0.3 is 14.2 Å². The Hall–Kier alpha value is -4.19. The van der Waals surface area contributed by atoms with E-state index < -0.39 is 6.10 Å². The van der Waals surface area contributed by atoms with Crippen LogP contribution >= 0.6 is 0 Å². The Labute approximate surface area is 494 Å². The van der Waals surface area contributed by atoms with E-state index in [9.17, 15) is 14.4 Å². The molecule has 0 aromatic carbocycles. The lowest BCUT2D eigenvalue weighted by atomic mass is 10.0. The van der Waals surface area contributed by atoms with E-state index in [1.165, 1.54) is 135 Å². The number of carbonyl (C=O) groups excluding carboxylic acids is 3. The van der Waals surface area contributed by atoms with Gasteiger partial charge in [-0.25, -0.2) is 0 Å². The van der Waals surface area contributed by atoms with Crippen LogP contribution in [-0.4, -0.2) is 37.2 Å². The molecule has 1 unspecified atom stereocenters. The number of unbranched alkanes of at least 4 members (excludes halogenated alkanes) is 29. The standard InChI is InChI=1S/C74H124O6/c1-4-7-10-13-16-19-22-25-27-29-30-31-32-33-34-35-36-37-38-39-40-41-42-43-44-46-47-49-52-55-58-61-64-67-73(76)79-70-71(69-78-72(75)66-63-60-57-54-51-24-21-18-15-12-9-6-3)80-74(77)68-65-62-59-56-53-50-48-45-28-26-23-20-17-14-11-8-5-2/h7-8,10-11,16-21,25-28,30-31,33-34,48,50,71H,4-6,9,12-15,22-24,29,32,35-47,49,51-70H2,1-3H3/b10-7-,11-8-,19-16-,20-17-,21-18-,27-25-,28-26-,31-30-,34-33-,50-48-. The zero-order valence-corrected chi connectivity index (χ0v) is 52.3. The number of rotatable bonds is 60. The van der Waals surface area contributed by atoms with Gasteiger partial charge in [0, 0.05) is 19.3 Å². The van der Waals surface area contributed by atoms with Crippen molar-refractivity contribution in [3.63, 3.8) is 0 Å². The molecule has 456 valence electrons. The quantitative estimate of drug-likeness (QED) is 0.0261. The summed E-state index contributed by atoms with van der Waals surface area (Å²) in [5.74, 6) is -0.916. The Balaban J connectivity index is 4.19. The predicted molar refractivity (Wildman–Crippen MR) is 348 cm³/mol. The van der Waals surface area contributed by atoms with Gasteiger partial charge in [0.1, 0.15) is 13.2 Å². The molecule has 80 heavy (non-hydrogen) atoms. The maximum absolute atomic E-state index is 12.9. The summed E-state index contributed by atoms with van der Waals surface area (Å²) in [6.45, 7) is 6.38. The normalized spacial score (nSPS) is 12.9. The molecule has 0 saturated heterocycles. The first-order valence-corrected chi connectivity index (χ1v) is 33.5. The fourth-order valence-corrected chi connectivity index (χ4v) is 9.22. The lowest BCUT2D eigenvalue weighted by Crippen LogP contribution is -2.30. The zero-order valence-electron chi connectivity index (χ0n) is 52.3. The van der Waals surface area contributed by atoms with Gasteiger partial charge in [0.15, 0.2) is 6.10 Å². The number of allylic oxidation sites excluding steroid dienone is 20. The second-order valence-electron chi connectivity index (χ2n) is 22.0. The maximum Gasteiger partial charge on any atom is 0.306 e. The van der Waals surface area contributed by atoms with Gasteiger partial charge in [-0.2, -0.15) is 0 Å². The zero-order chi connectivity index (χ0) is 57.8. The molecule has 0 saturated carbocycles. The van der Waals surface area contributed by atoms with Crippen molar-refractivity contribution in [2.45, 2.75) is 316 Å². The molecule has 0 rings (SSSR count). The molecule has 6 heteroatoms. The molecule has 0 fully saturated rings. The second kappa shape index (κ2) is 67.3. The van der Waals surface area contributed by atoms with Crippen molar-refractivity contribution in [2.24, 2.45) is 0 Å². The van der Waals surface area contributed by atoms with E-state index in [1.54, 1.807) is 0 Å². The minimum atomic E-state index is -0.796. The molecule has 6 nitrogen and oxygen atoms in total. The van der Waals surface area contributed by atoms with Gasteiger partial charge in [-0.1, -0.05) is 284 Å². The molecule has 1 atom stereocenters. The van der Waals surface area contributed by atoms with Crippen molar-refractivity contribution < 1.29 is 28.6 Å². The molecule has 0 spiro atoms. The number of hydrogen-bond donors (Lipinski definition) is 0. The molecule has 0 aromatic rings. The average Bonchev–Trinajstić information content (AvgIpc) is 3.46. The third-order valence-corrected chi connectivity index (χ3v) is 14.2. The van der Waals surface area contributed by atoms with Crippen LogP contribution in [-0.2, 0) is 28.6 Å². The summed E-state index contributed by atoms with van der Waals surface area (Å²) in [6, 6.07) is 0. The van der Waals surface area contributed by atoms with Crippen LogP contribution in [0.25, 0.3) is 0 Å². The summed E-state index contributed by atoms with van der Waals surface area (Å²) < 4.78 is 16.9. The first-order chi connectivity index (χ1) is 39.5. The summed E-state index contributed by atoms with van der Waals surface area (Å²) in [6.07, 6.45) is 93.7. The van der Waals surface area contributed by atoms with Gasteiger partial charge in [-0.3, -0.25) is 14.4 Å². The maximum atomic E-state index is 12.9. The summed E-state index contributed by atoms with van der Waals surface area (Å²) in [4.78, 5) is 38.3. The largest absolute Gasteiger partial charge is 0.462 e. The average molecular weight is 1110 g/mol. The highest BCUT2D eigenvalue weighted by Gasteiger charge is 2.19. The van der Waals surface area contributed by atoms with E-state index in [4.69, 9.17) is 14.2 Å². The molecule has 0 aliphatic carbocycles. The Bertz CT molecular complexity index is 1650. The van der Waals surface area contributed by atoms with Crippen molar-refractivity contribution >= 4 is 17.9 Å². The first kappa shape index (κ1) is 75.8. The Morgan fingerprint density at radius 1 is 0.263 bits per heavy atom. The Morgan fingerprint density at radius 2 is 0.487 bits per heavy atom. The van der Waals surface area contributed by atoms with Crippen molar-refractivity contribution in [3.8, 4) is 0 Å². The molecule has 0 N–H and O–H groups in total. The van der Waals surface area contributed by atoms with Gasteiger partial charge in [0.05, 0.1) is 0 Å². The first-order valence-electron chi connectivity index (χ1n) is 33.5. The molecule has 0 radical (unpaired) electrons. The van der Waals surface area contributed by atoms with Crippen LogP contribution in [0.5, 0.6) is 0 Å². The van der Waals surface area contributed by atoms with Gasteiger partial charge in [-0.05, 0) is 128 Å². The van der Waals surface area contributed by atoms with E-state index in [1.807, 2.05) is 0 Å². The predicted octanol–water partition coefficient (Wildman–Crippen LogP) is 23.2. The Kier molecular flexibility index (Phi) is 63.8. The molecule has 0 aliphatic heterocycles. The number of hydrogen-bond acceptors (Lipinski definition) is 6. The lowest BCUT2D eigenvalue weighted by molar-refractivity contribution is -0.167. The topological polar surface area (TPSA) is 78.9 Å². The summed E-state index contributed by atoms with van der Waals surface area (Å²) >= 11 is 0. The SMILES string of the molecule is CC/C=C\C/C=C\C/C=C\C/C=C\C/C=C\CCCCCCCCCCCCCCCCCCCC(=O)OCC(COC(=O)CCCCCCC/C=C\CCCCC)OC(=O)CCCCCC/C=C\C/C=C\C/C=C\C/C=C\CC. The summed E-state index contributed by atoms with van der Waals surface area (Å²) in [7, 11) is 0. The number of carbonyl (C=O) groups is 3. The van der Waals surface area contributed by atoms with Crippen LogP contribution < -0.4 is 0 Å². The molecule has 0 bridgehead atoms. The molecular formula is C74H124O6. The second-order valence-corrected chi connectivity index (χ2v) is 22.0. The summed E-state index contributed by atoms with van der Waals surface area (Å²) in [5, 5.41) is 0. The van der Waals surface area contributed by atoms with Crippen LogP contribution in [0.15, 0.2) is 122 Å². The van der Waals surface area contributed by atoms with Crippen LogP contribution in [0, 0.1) is 0 Å². The van der Waals surface area contributed by atoms with Gasteiger partial charge >= 0.3 is 17.9 Å². The van der Waals surface area contributed by atoms with Crippen molar-refractivity contribution in [1.82, 2.24) is 0 Å². The van der Waals surface area contributed by atoms with E-state index in [0.717, 1.165) is 135 Å². The monoisotopic (exact) mass is 1110 g/mol. The van der Waals surface area contributed by atoms with Crippen LogP contribution in [0.4, 0.5) is 0 Å². The smallest absolute Gasteiger partial charge is 0.306 e. The van der Waals surface area contributed by atoms with Gasteiger partial charge in [0.2, 0.25) is 0 Å². The molecule has 0 aliphatic rings. The highest BCUT2D eigenvalue weighted by molar-refractivity contribution is 5.71. The van der Waals surface area contributed by atoms with E-state index in [0.29, 0.717) is 19.3 Å². The summed E-state index contributed by atoms with van der Waals surface area (Å²) in [5.41, 5.74) is 0. The molecular weight excluding hydrogens is 985 g/mol. The fraction of sp³-hybridized carbons (Fsp3) is 0.689.